The lowest BCUT2D eigenvalue weighted by Gasteiger charge is -2.15. The molecule has 2 rings (SSSR count). The van der Waals surface area contributed by atoms with Gasteiger partial charge in [0.2, 0.25) is 11.9 Å². The summed E-state index contributed by atoms with van der Waals surface area (Å²) in [5, 5.41) is 5.49. The van der Waals surface area contributed by atoms with Crippen LogP contribution in [-0.4, -0.2) is 31.9 Å². The fraction of sp³-hybridized carbons (Fsp3) is 0.333. The van der Waals surface area contributed by atoms with Gasteiger partial charge in [-0.3, -0.25) is 9.52 Å². The van der Waals surface area contributed by atoms with Crippen LogP contribution in [0.25, 0.3) is 6.08 Å². The van der Waals surface area contributed by atoms with E-state index in [0.29, 0.717) is 24.1 Å². The van der Waals surface area contributed by atoms with Crippen LogP contribution in [0.4, 0.5) is 29.1 Å². The Morgan fingerprint density at radius 2 is 1.94 bits per heavy atom. The van der Waals surface area contributed by atoms with Crippen LogP contribution in [0.2, 0.25) is 0 Å². The summed E-state index contributed by atoms with van der Waals surface area (Å²) >= 11 is 0. The molecule has 0 aliphatic heterocycles. The summed E-state index contributed by atoms with van der Waals surface area (Å²) in [6, 6.07) is 6.03. The number of carbonyl (C=O) groups is 1. The second-order valence-corrected chi connectivity index (χ2v) is 8.73. The number of sulfonamides is 1. The first-order chi connectivity index (χ1) is 15.4. The Morgan fingerprint density at radius 3 is 2.58 bits per heavy atom. The van der Waals surface area contributed by atoms with E-state index in [0.717, 1.165) is 12.1 Å². The van der Waals surface area contributed by atoms with E-state index >= 15 is 0 Å². The van der Waals surface area contributed by atoms with Crippen LogP contribution in [0.3, 0.4) is 0 Å². The molecule has 1 aromatic carbocycles. The lowest BCUT2D eigenvalue weighted by Crippen LogP contribution is -2.24. The number of nitrogens with zero attached hydrogens (tertiary/aromatic N) is 1. The van der Waals surface area contributed by atoms with Gasteiger partial charge in [0.25, 0.3) is 10.0 Å². The number of nitrogens with one attached hydrogen (secondary N) is 3. The van der Waals surface area contributed by atoms with Crippen LogP contribution in [0.1, 0.15) is 43.1 Å². The van der Waals surface area contributed by atoms with Crippen molar-refractivity contribution >= 4 is 33.5 Å². The minimum Gasteiger partial charge on any atom is -0.370 e. The molecule has 1 atom stereocenters. The quantitative estimate of drug-likeness (QED) is 0.338. The standard InChI is InChI=1S/C21H24F4N4O3S/c1-3-11-26-20-15(7-9-18(28-20)21(23,24)25)8-10-19(30)27-14(2)16-5-4-6-17(12-16)29-33(31,32)13-22/h4-10,12,14,29H,3,11,13H2,1-2H3,(H,26,28)(H,27,30)/t14-/m1/s1. The number of halogens is 4. The molecular weight excluding hydrogens is 464 g/mol. The molecule has 2 aromatic rings. The molecule has 1 amide bonds. The Bertz CT molecular complexity index is 1100. The predicted molar refractivity (Wildman–Crippen MR) is 119 cm³/mol. The Balaban J connectivity index is 2.13. The van der Waals surface area contributed by atoms with E-state index in [9.17, 15) is 30.8 Å². The lowest BCUT2D eigenvalue weighted by molar-refractivity contribution is -0.141. The highest BCUT2D eigenvalue weighted by atomic mass is 32.2. The first-order valence-corrected chi connectivity index (χ1v) is 11.6. The number of hydrogen-bond acceptors (Lipinski definition) is 5. The third-order valence-electron chi connectivity index (χ3n) is 4.34. The summed E-state index contributed by atoms with van der Waals surface area (Å²) in [6.45, 7) is 3.91. The van der Waals surface area contributed by atoms with E-state index in [4.69, 9.17) is 0 Å². The van der Waals surface area contributed by atoms with Gasteiger partial charge in [0.1, 0.15) is 11.5 Å². The molecule has 0 bridgehead atoms. The first kappa shape index (κ1) is 26.1. The topological polar surface area (TPSA) is 100 Å². The minimum atomic E-state index is -4.59. The summed E-state index contributed by atoms with van der Waals surface area (Å²) in [6.07, 6.45) is -1.42. The van der Waals surface area contributed by atoms with Gasteiger partial charge in [-0.25, -0.2) is 17.8 Å². The summed E-state index contributed by atoms with van der Waals surface area (Å²) in [5.74, 6) is -0.518. The molecule has 0 saturated carbocycles. The minimum absolute atomic E-state index is 0.0108. The van der Waals surface area contributed by atoms with Gasteiger partial charge in [-0.1, -0.05) is 19.1 Å². The molecule has 3 N–H and O–H groups in total. The number of rotatable bonds is 10. The molecule has 7 nitrogen and oxygen atoms in total. The first-order valence-electron chi connectivity index (χ1n) is 9.92. The molecule has 0 spiro atoms. The average Bonchev–Trinajstić information content (AvgIpc) is 2.75. The van der Waals surface area contributed by atoms with E-state index < -0.39 is 39.8 Å². The molecule has 12 heteroatoms. The Kier molecular flexibility index (Phi) is 8.80. The van der Waals surface area contributed by atoms with Crippen molar-refractivity contribution in [2.45, 2.75) is 32.5 Å². The molecule has 1 aromatic heterocycles. The number of aromatic nitrogens is 1. The molecule has 0 radical (unpaired) electrons. The van der Waals surface area contributed by atoms with Gasteiger partial charge in [0.15, 0.2) is 0 Å². The summed E-state index contributed by atoms with van der Waals surface area (Å²) in [7, 11) is -4.10. The highest BCUT2D eigenvalue weighted by molar-refractivity contribution is 7.92. The molecule has 0 fully saturated rings. The van der Waals surface area contributed by atoms with Crippen molar-refractivity contribution in [3.05, 3.63) is 59.3 Å². The van der Waals surface area contributed by atoms with Gasteiger partial charge in [-0.2, -0.15) is 13.2 Å². The van der Waals surface area contributed by atoms with Crippen LogP contribution in [0, 0.1) is 0 Å². The molecule has 180 valence electrons. The van der Waals surface area contributed by atoms with Crippen molar-refractivity contribution < 1.29 is 30.8 Å². The molecule has 0 saturated heterocycles. The normalized spacial score (nSPS) is 13.0. The Labute approximate surface area is 189 Å². The lowest BCUT2D eigenvalue weighted by atomic mass is 10.1. The fourth-order valence-corrected chi connectivity index (χ4v) is 3.28. The maximum absolute atomic E-state index is 13.0. The number of carbonyl (C=O) groups excluding carboxylic acids is 1. The Hall–Kier alpha value is -3.15. The number of hydrogen-bond donors (Lipinski definition) is 3. The van der Waals surface area contributed by atoms with E-state index in [1.807, 2.05) is 6.92 Å². The van der Waals surface area contributed by atoms with Gasteiger partial charge in [-0.05, 0) is 49.2 Å². The maximum Gasteiger partial charge on any atom is 0.433 e. The second kappa shape index (κ2) is 11.1. The summed E-state index contributed by atoms with van der Waals surface area (Å²) in [5.41, 5.74) is -0.0389. The van der Waals surface area contributed by atoms with Crippen LogP contribution in [-0.2, 0) is 21.0 Å². The zero-order valence-corrected chi connectivity index (χ0v) is 18.7. The van der Waals surface area contributed by atoms with E-state index in [1.165, 1.54) is 24.3 Å². The number of amides is 1. The third-order valence-corrected chi connectivity index (χ3v) is 5.17. The van der Waals surface area contributed by atoms with E-state index in [-0.39, 0.29) is 11.5 Å². The van der Waals surface area contributed by atoms with Gasteiger partial charge >= 0.3 is 6.18 Å². The van der Waals surface area contributed by atoms with Crippen LogP contribution < -0.4 is 15.4 Å². The largest absolute Gasteiger partial charge is 0.433 e. The number of pyridine rings is 1. The SMILES string of the molecule is CCCNc1nc(C(F)(F)F)ccc1C=CC(=O)N[C@H](C)c1cccc(NS(=O)(=O)CF)c1. The summed E-state index contributed by atoms with van der Waals surface area (Å²) in [4.78, 5) is 15.9. The van der Waals surface area contributed by atoms with Crippen molar-refractivity contribution in [3.8, 4) is 0 Å². The predicted octanol–water partition coefficient (Wildman–Crippen LogP) is 4.48. The number of benzene rings is 1. The summed E-state index contributed by atoms with van der Waals surface area (Å²) < 4.78 is 76.2. The highest BCUT2D eigenvalue weighted by Crippen LogP contribution is 2.30. The number of anilines is 2. The molecule has 0 aliphatic rings. The molecule has 0 aliphatic carbocycles. The fourth-order valence-electron chi connectivity index (χ4n) is 2.74. The van der Waals surface area contributed by atoms with Crippen molar-refractivity contribution in [3.63, 3.8) is 0 Å². The number of alkyl halides is 4. The average molecular weight is 489 g/mol. The maximum atomic E-state index is 13.0. The monoisotopic (exact) mass is 488 g/mol. The third kappa shape index (κ3) is 8.04. The Morgan fingerprint density at radius 1 is 1.21 bits per heavy atom. The van der Waals surface area contributed by atoms with Crippen molar-refractivity contribution in [2.24, 2.45) is 0 Å². The smallest absolute Gasteiger partial charge is 0.370 e. The van der Waals surface area contributed by atoms with Crippen molar-refractivity contribution in [1.82, 2.24) is 10.3 Å². The zero-order chi connectivity index (χ0) is 24.6. The molecule has 1 heterocycles. The highest BCUT2D eigenvalue weighted by Gasteiger charge is 2.32. The van der Waals surface area contributed by atoms with Crippen molar-refractivity contribution in [1.29, 1.82) is 0 Å². The molecule has 33 heavy (non-hydrogen) atoms. The molecule has 0 unspecified atom stereocenters. The van der Waals surface area contributed by atoms with Crippen LogP contribution >= 0.6 is 0 Å². The van der Waals surface area contributed by atoms with Crippen LogP contribution in [0.15, 0.2) is 42.5 Å². The van der Waals surface area contributed by atoms with E-state index in [1.54, 1.807) is 19.1 Å². The molecular formula is C21H24F4N4O3S. The van der Waals surface area contributed by atoms with Gasteiger partial charge in [0.05, 0.1) is 6.04 Å². The van der Waals surface area contributed by atoms with Crippen LogP contribution in [0.5, 0.6) is 0 Å². The van der Waals surface area contributed by atoms with Gasteiger partial charge < -0.3 is 10.6 Å². The zero-order valence-electron chi connectivity index (χ0n) is 17.9. The second-order valence-electron chi connectivity index (χ2n) is 7.07. The van der Waals surface area contributed by atoms with Crippen molar-refractivity contribution in [2.75, 3.05) is 22.6 Å². The van der Waals surface area contributed by atoms with Gasteiger partial charge in [-0.15, -0.1) is 0 Å². The van der Waals surface area contributed by atoms with E-state index in [2.05, 4.69) is 20.3 Å². The van der Waals surface area contributed by atoms with Gasteiger partial charge in [0, 0.05) is 23.9 Å².